The number of rotatable bonds is 62. The quantitative estimate of drug-likeness (QED) is 0.0261. The molecule has 0 saturated heterocycles. The van der Waals surface area contributed by atoms with Gasteiger partial charge in [-0.25, -0.2) is 0 Å². The van der Waals surface area contributed by atoms with E-state index in [1.165, 1.54) is 161 Å². The van der Waals surface area contributed by atoms with Crippen LogP contribution in [0.1, 0.15) is 329 Å². The van der Waals surface area contributed by atoms with Crippen LogP contribution in [0.2, 0.25) is 0 Å². The molecule has 0 spiro atoms. The van der Waals surface area contributed by atoms with E-state index in [1.807, 2.05) is 0 Å². The summed E-state index contributed by atoms with van der Waals surface area (Å²) in [6.07, 6.45) is 93.8. The molecule has 81 heavy (non-hydrogen) atoms. The molecule has 0 aromatic rings. The first-order chi connectivity index (χ1) is 40.0. The van der Waals surface area contributed by atoms with Gasteiger partial charge in [0.05, 0.1) is 0 Å². The van der Waals surface area contributed by atoms with Gasteiger partial charge in [-0.05, 0) is 128 Å². The molecule has 0 aliphatic carbocycles. The Hall–Kier alpha value is -3.93. The average Bonchev–Trinajstić information content (AvgIpc) is 3.47. The highest BCUT2D eigenvalue weighted by molar-refractivity contribution is 5.71. The van der Waals surface area contributed by atoms with Gasteiger partial charge in [-0.1, -0.05) is 291 Å². The van der Waals surface area contributed by atoms with E-state index in [4.69, 9.17) is 14.2 Å². The van der Waals surface area contributed by atoms with Crippen molar-refractivity contribution in [2.75, 3.05) is 13.2 Å². The summed E-state index contributed by atoms with van der Waals surface area (Å²) >= 11 is 0. The fourth-order valence-corrected chi connectivity index (χ4v) is 9.59. The maximum Gasteiger partial charge on any atom is 0.306 e. The van der Waals surface area contributed by atoms with Crippen molar-refractivity contribution in [2.24, 2.45) is 0 Å². The molecule has 0 fully saturated rings. The standard InChI is InChI=1S/C75H128O6/c1-4-7-10-13-16-19-22-25-28-30-32-34-36-37-39-40-42-44-47-50-53-56-59-62-65-68-74(77)80-71-72(70-79-73(76)67-64-61-58-55-52-49-46-27-24-21-18-15-12-9-6-3)81-75(78)69-66-63-60-57-54-51-48-45-43-41-38-35-33-31-29-26-23-20-17-14-11-8-5-2/h8,11,17-18,20-22,25-27,29-30,32-33,35,41,43,46,72H,4-7,9-10,12-16,19,23-24,28,31,34,36-40,42,44-45,47-71H2,1-3H3/b11-8-,20-17-,21-18-,25-22-,29-26-,32-30-,35-33-,43-41-,46-27-. The predicted octanol–water partition coefficient (Wildman–Crippen LogP) is 23.8. The van der Waals surface area contributed by atoms with Crippen LogP contribution in [0.15, 0.2) is 109 Å². The van der Waals surface area contributed by atoms with Crippen molar-refractivity contribution in [2.45, 2.75) is 335 Å². The first-order valence-electron chi connectivity index (χ1n) is 34.4. The summed E-state index contributed by atoms with van der Waals surface area (Å²) in [6, 6.07) is 0. The normalized spacial score (nSPS) is 12.8. The number of carbonyl (C=O) groups excluding carboxylic acids is 3. The fraction of sp³-hybridized carbons (Fsp3) is 0.720. The van der Waals surface area contributed by atoms with Crippen LogP contribution in [-0.2, 0) is 28.6 Å². The minimum atomic E-state index is -0.794. The second kappa shape index (κ2) is 68.6. The van der Waals surface area contributed by atoms with Gasteiger partial charge in [-0.2, -0.15) is 0 Å². The number of hydrogen-bond donors (Lipinski definition) is 0. The van der Waals surface area contributed by atoms with Crippen LogP contribution >= 0.6 is 0 Å². The van der Waals surface area contributed by atoms with Gasteiger partial charge in [0.2, 0.25) is 0 Å². The van der Waals surface area contributed by atoms with Gasteiger partial charge in [0, 0.05) is 19.3 Å². The van der Waals surface area contributed by atoms with E-state index >= 15 is 0 Å². The second-order valence-electron chi connectivity index (χ2n) is 22.7. The van der Waals surface area contributed by atoms with Crippen molar-refractivity contribution in [3.8, 4) is 0 Å². The van der Waals surface area contributed by atoms with Gasteiger partial charge in [-0.15, -0.1) is 0 Å². The van der Waals surface area contributed by atoms with E-state index in [9.17, 15) is 14.4 Å². The van der Waals surface area contributed by atoms with Crippen LogP contribution in [0.4, 0.5) is 0 Å². The predicted molar refractivity (Wildman–Crippen MR) is 353 cm³/mol. The van der Waals surface area contributed by atoms with Crippen molar-refractivity contribution in [3.05, 3.63) is 109 Å². The Morgan fingerprint density at radius 2 is 0.481 bits per heavy atom. The van der Waals surface area contributed by atoms with E-state index in [-0.39, 0.29) is 31.1 Å². The van der Waals surface area contributed by atoms with E-state index in [1.54, 1.807) is 0 Å². The van der Waals surface area contributed by atoms with Crippen molar-refractivity contribution < 1.29 is 28.6 Å². The molecule has 0 heterocycles. The summed E-state index contributed by atoms with van der Waals surface area (Å²) < 4.78 is 17.0. The van der Waals surface area contributed by atoms with Gasteiger partial charge < -0.3 is 14.2 Å². The fourth-order valence-electron chi connectivity index (χ4n) is 9.59. The van der Waals surface area contributed by atoms with Gasteiger partial charge in [-0.3, -0.25) is 14.4 Å². The number of unbranched alkanes of at least 4 members (excludes halogenated alkanes) is 33. The van der Waals surface area contributed by atoms with Gasteiger partial charge in [0.1, 0.15) is 13.2 Å². The summed E-state index contributed by atoms with van der Waals surface area (Å²) in [5.74, 6) is -0.902. The maximum absolute atomic E-state index is 13.0. The Balaban J connectivity index is 4.37. The molecule has 0 aromatic heterocycles. The summed E-state index contributed by atoms with van der Waals surface area (Å²) in [6.45, 7) is 6.50. The topological polar surface area (TPSA) is 78.9 Å². The van der Waals surface area contributed by atoms with Crippen LogP contribution in [0.25, 0.3) is 0 Å². The van der Waals surface area contributed by atoms with Crippen LogP contribution in [-0.4, -0.2) is 37.2 Å². The van der Waals surface area contributed by atoms with E-state index in [0.29, 0.717) is 19.3 Å². The highest BCUT2D eigenvalue weighted by Crippen LogP contribution is 2.16. The summed E-state index contributed by atoms with van der Waals surface area (Å²) in [5.41, 5.74) is 0. The summed E-state index contributed by atoms with van der Waals surface area (Å²) in [7, 11) is 0. The van der Waals surface area contributed by atoms with E-state index in [0.717, 1.165) is 128 Å². The van der Waals surface area contributed by atoms with Crippen LogP contribution < -0.4 is 0 Å². The molecule has 0 N–H and O–H groups in total. The number of hydrogen-bond acceptors (Lipinski definition) is 6. The van der Waals surface area contributed by atoms with E-state index in [2.05, 4.69) is 130 Å². The lowest BCUT2D eigenvalue weighted by Crippen LogP contribution is -2.30. The molecule has 0 amide bonds. The molecule has 0 aliphatic rings. The molecule has 1 unspecified atom stereocenters. The monoisotopic (exact) mass is 1120 g/mol. The van der Waals surface area contributed by atoms with Crippen molar-refractivity contribution in [3.63, 3.8) is 0 Å². The Labute approximate surface area is 501 Å². The SMILES string of the molecule is CC/C=C\C/C=C\C/C=C\C/C=C\C/C=C\CCCCCCCCCC(=O)OC(COC(=O)CCCCCCC/C=C\C/C=C\CCCCC)COC(=O)CCCCCCCCCCCCCCC/C=C\C/C=C\CCCCCCC. The number of carbonyl (C=O) groups is 3. The Morgan fingerprint density at radius 3 is 0.778 bits per heavy atom. The van der Waals surface area contributed by atoms with Crippen LogP contribution in [0.5, 0.6) is 0 Å². The minimum absolute atomic E-state index is 0.0873. The zero-order valence-electron chi connectivity index (χ0n) is 53.3. The highest BCUT2D eigenvalue weighted by atomic mass is 16.6. The molecular weight excluding hydrogens is 997 g/mol. The molecule has 0 rings (SSSR count). The lowest BCUT2D eigenvalue weighted by molar-refractivity contribution is -0.167. The second-order valence-corrected chi connectivity index (χ2v) is 22.7. The van der Waals surface area contributed by atoms with Gasteiger partial charge >= 0.3 is 17.9 Å². The molecule has 0 radical (unpaired) electrons. The van der Waals surface area contributed by atoms with Crippen molar-refractivity contribution in [1.29, 1.82) is 0 Å². The molecule has 0 aromatic carbocycles. The summed E-state index contributed by atoms with van der Waals surface area (Å²) in [5, 5.41) is 0. The molecule has 6 nitrogen and oxygen atoms in total. The molecular formula is C75H128O6. The third-order valence-corrected chi connectivity index (χ3v) is 14.7. The lowest BCUT2D eigenvalue weighted by atomic mass is 10.0. The third-order valence-electron chi connectivity index (χ3n) is 14.7. The van der Waals surface area contributed by atoms with Crippen molar-refractivity contribution >= 4 is 17.9 Å². The number of allylic oxidation sites excluding steroid dienone is 18. The molecule has 1 atom stereocenters. The smallest absolute Gasteiger partial charge is 0.306 e. The lowest BCUT2D eigenvalue weighted by Gasteiger charge is -2.18. The number of esters is 3. The Morgan fingerprint density at radius 1 is 0.259 bits per heavy atom. The number of ether oxygens (including phenoxy) is 3. The third kappa shape index (κ3) is 66.8. The zero-order valence-corrected chi connectivity index (χ0v) is 53.3. The molecule has 0 saturated carbocycles. The molecule has 6 heteroatoms. The van der Waals surface area contributed by atoms with Crippen LogP contribution in [0.3, 0.4) is 0 Å². The first kappa shape index (κ1) is 77.1. The molecule has 464 valence electrons. The average molecular weight is 1130 g/mol. The maximum atomic E-state index is 13.0. The summed E-state index contributed by atoms with van der Waals surface area (Å²) in [4.78, 5) is 38.4. The zero-order chi connectivity index (χ0) is 58.5. The van der Waals surface area contributed by atoms with Gasteiger partial charge in [0.15, 0.2) is 6.10 Å². The largest absolute Gasteiger partial charge is 0.462 e. The van der Waals surface area contributed by atoms with Crippen molar-refractivity contribution in [1.82, 2.24) is 0 Å². The minimum Gasteiger partial charge on any atom is -0.462 e. The van der Waals surface area contributed by atoms with Crippen LogP contribution in [0, 0.1) is 0 Å². The highest BCUT2D eigenvalue weighted by Gasteiger charge is 2.19. The Bertz CT molecular complexity index is 1620. The molecule has 0 bridgehead atoms. The molecule has 0 aliphatic heterocycles. The van der Waals surface area contributed by atoms with Gasteiger partial charge in [0.25, 0.3) is 0 Å². The van der Waals surface area contributed by atoms with E-state index < -0.39 is 6.10 Å². The Kier molecular flexibility index (Phi) is 65.2. The first-order valence-corrected chi connectivity index (χ1v) is 34.4.